The van der Waals surface area contributed by atoms with Crippen molar-refractivity contribution in [3.63, 3.8) is 0 Å². The van der Waals surface area contributed by atoms with Gasteiger partial charge in [-0.3, -0.25) is 14.4 Å². The van der Waals surface area contributed by atoms with Crippen molar-refractivity contribution in [3.8, 4) is 0 Å². The van der Waals surface area contributed by atoms with Crippen molar-refractivity contribution in [3.05, 3.63) is 80.8 Å². The molecule has 2 aromatic carbocycles. The highest BCUT2D eigenvalue weighted by molar-refractivity contribution is 7.09. The van der Waals surface area contributed by atoms with Gasteiger partial charge in [0.2, 0.25) is 5.91 Å². The maximum Gasteiger partial charge on any atom is 0.270 e. The van der Waals surface area contributed by atoms with Crippen LogP contribution in [-0.2, 0) is 11.3 Å². The van der Waals surface area contributed by atoms with Gasteiger partial charge in [-0.25, -0.2) is 0 Å². The monoisotopic (exact) mass is 513 g/mol. The van der Waals surface area contributed by atoms with Gasteiger partial charge in [-0.2, -0.15) is 4.37 Å². The molecular weight excluding hydrogens is 486 g/mol. The number of halogens is 1. The number of benzene rings is 2. The average Bonchev–Trinajstić information content (AvgIpc) is 3.15. The molecule has 0 unspecified atom stereocenters. The van der Waals surface area contributed by atoms with Crippen LogP contribution in [0.3, 0.4) is 0 Å². The third kappa shape index (κ3) is 6.17. The Balaban J connectivity index is 2.18. The molecule has 0 aliphatic heterocycles. The third-order valence-corrected chi connectivity index (χ3v) is 6.39. The highest BCUT2D eigenvalue weighted by Gasteiger charge is 2.36. The molecule has 5 N–H and O–H groups in total. The summed E-state index contributed by atoms with van der Waals surface area (Å²) in [5.74, 6) is -1.78. The van der Waals surface area contributed by atoms with Crippen LogP contribution in [0.5, 0.6) is 0 Å². The van der Waals surface area contributed by atoms with Gasteiger partial charge >= 0.3 is 0 Å². The van der Waals surface area contributed by atoms with E-state index in [2.05, 4.69) is 9.69 Å². The Morgan fingerprint density at radius 3 is 2.29 bits per heavy atom. The van der Waals surface area contributed by atoms with Gasteiger partial charge in [-0.15, -0.1) is 0 Å². The number of aryl methyl sites for hydroxylation is 1. The number of primary amides is 1. The minimum atomic E-state index is -1.02. The maximum atomic E-state index is 13.9. The third-order valence-electron chi connectivity index (χ3n) is 5.17. The normalized spacial score (nSPS) is 12.1. The molecule has 8 nitrogen and oxygen atoms in total. The van der Waals surface area contributed by atoms with Gasteiger partial charge < -0.3 is 21.7 Å². The highest BCUT2D eigenvalue weighted by atomic mass is 35.5. The first-order valence-corrected chi connectivity index (χ1v) is 12.0. The Morgan fingerprint density at radius 2 is 1.74 bits per heavy atom. The molecule has 3 rings (SSSR count). The van der Waals surface area contributed by atoms with Crippen molar-refractivity contribution < 1.29 is 14.4 Å². The van der Waals surface area contributed by atoms with E-state index < -0.39 is 23.4 Å². The van der Waals surface area contributed by atoms with Gasteiger partial charge in [0.05, 0.1) is 5.69 Å². The zero-order valence-corrected chi connectivity index (χ0v) is 21.5. The van der Waals surface area contributed by atoms with Crippen LogP contribution in [0.2, 0.25) is 5.02 Å². The number of carbonyl (C=O) groups is 3. The molecule has 0 radical (unpaired) electrons. The first kappa shape index (κ1) is 26.2. The fourth-order valence-electron chi connectivity index (χ4n) is 3.51. The lowest BCUT2D eigenvalue weighted by molar-refractivity contribution is -0.127. The molecule has 0 fully saturated rings. The van der Waals surface area contributed by atoms with E-state index in [4.69, 9.17) is 23.1 Å². The molecule has 0 saturated heterocycles. The van der Waals surface area contributed by atoms with E-state index in [0.717, 1.165) is 17.1 Å². The predicted octanol–water partition coefficient (Wildman–Crippen LogP) is 4.08. The van der Waals surface area contributed by atoms with Gasteiger partial charge in [-0.05, 0) is 56.4 Å². The van der Waals surface area contributed by atoms with E-state index in [1.165, 1.54) is 4.90 Å². The van der Waals surface area contributed by atoms with Crippen LogP contribution >= 0.6 is 23.1 Å². The van der Waals surface area contributed by atoms with E-state index in [9.17, 15) is 14.4 Å². The molecule has 184 valence electrons. The fourth-order valence-corrected chi connectivity index (χ4v) is 4.47. The van der Waals surface area contributed by atoms with Gasteiger partial charge in [-0.1, -0.05) is 59.6 Å². The number of nitrogens with one attached hydrogen (secondary N) is 1. The summed E-state index contributed by atoms with van der Waals surface area (Å²) in [6.07, 6.45) is 0. The zero-order chi connectivity index (χ0) is 25.9. The molecule has 1 aromatic heterocycles. The Labute approximate surface area is 213 Å². The van der Waals surface area contributed by atoms with Crippen molar-refractivity contribution in [1.29, 1.82) is 0 Å². The molecule has 0 saturated carbocycles. The van der Waals surface area contributed by atoms with E-state index >= 15 is 0 Å². The number of nitrogens with two attached hydrogens (primary N) is 2. The Hall–Kier alpha value is -3.43. The zero-order valence-electron chi connectivity index (χ0n) is 20.0. The number of nitrogen functional groups attached to an aromatic ring is 1. The molecule has 0 aliphatic carbocycles. The number of amides is 3. The van der Waals surface area contributed by atoms with Gasteiger partial charge in [0.1, 0.15) is 10.9 Å². The van der Waals surface area contributed by atoms with Gasteiger partial charge in [0.25, 0.3) is 11.8 Å². The molecule has 10 heteroatoms. The average molecular weight is 514 g/mol. The predicted molar refractivity (Wildman–Crippen MR) is 138 cm³/mol. The molecular formula is C25H28ClN5O3S. The quantitative estimate of drug-likeness (QED) is 0.438. The minimum Gasteiger partial charge on any atom is -0.395 e. The molecule has 3 amide bonds. The van der Waals surface area contributed by atoms with Gasteiger partial charge in [0.15, 0.2) is 5.69 Å². The summed E-state index contributed by atoms with van der Waals surface area (Å²) in [5.41, 5.74) is 12.8. The molecule has 0 bridgehead atoms. The summed E-state index contributed by atoms with van der Waals surface area (Å²) in [6.45, 7) is 7.52. The van der Waals surface area contributed by atoms with E-state index in [1.54, 1.807) is 36.4 Å². The van der Waals surface area contributed by atoms with Crippen LogP contribution in [0.15, 0.2) is 48.5 Å². The second kappa shape index (κ2) is 10.5. The number of carbonyl (C=O) groups excluding carboxylic acids is 3. The van der Waals surface area contributed by atoms with Crippen LogP contribution < -0.4 is 16.8 Å². The summed E-state index contributed by atoms with van der Waals surface area (Å²) in [6, 6.07) is 13.4. The van der Waals surface area contributed by atoms with E-state index in [1.807, 2.05) is 39.8 Å². The Bertz CT molecular complexity index is 1250. The summed E-state index contributed by atoms with van der Waals surface area (Å²) >= 11 is 7.18. The second-order valence-corrected chi connectivity index (χ2v) is 10.4. The maximum absolute atomic E-state index is 13.9. The molecule has 0 spiro atoms. The lowest BCUT2D eigenvalue weighted by Crippen LogP contribution is -2.49. The lowest BCUT2D eigenvalue weighted by atomic mass is 9.99. The molecule has 0 aliphatic rings. The van der Waals surface area contributed by atoms with Crippen molar-refractivity contribution in [2.75, 3.05) is 5.73 Å². The summed E-state index contributed by atoms with van der Waals surface area (Å²) in [5, 5.41) is 3.42. The Kier molecular flexibility index (Phi) is 7.82. The van der Waals surface area contributed by atoms with Crippen molar-refractivity contribution in [2.24, 2.45) is 5.73 Å². The molecule has 3 aromatic rings. The highest BCUT2D eigenvalue weighted by Crippen LogP contribution is 2.32. The number of nitrogens with zero attached hydrogens (tertiary/aromatic N) is 2. The molecule has 35 heavy (non-hydrogen) atoms. The summed E-state index contributed by atoms with van der Waals surface area (Å²) in [7, 11) is 0. The van der Waals surface area contributed by atoms with Crippen LogP contribution in [0.1, 0.15) is 63.7 Å². The first-order chi connectivity index (χ1) is 16.4. The van der Waals surface area contributed by atoms with E-state index in [-0.39, 0.29) is 28.7 Å². The smallest absolute Gasteiger partial charge is 0.270 e. The number of hydrogen-bond donors (Lipinski definition) is 3. The van der Waals surface area contributed by atoms with Crippen molar-refractivity contribution >= 4 is 46.5 Å². The van der Waals surface area contributed by atoms with Crippen LogP contribution in [0.25, 0.3) is 0 Å². The topological polar surface area (TPSA) is 131 Å². The van der Waals surface area contributed by atoms with Gasteiger partial charge in [0, 0.05) is 17.1 Å². The second-order valence-electron chi connectivity index (χ2n) is 9.22. The number of rotatable bonds is 7. The fraction of sp³-hybridized carbons (Fsp3) is 0.280. The first-order valence-electron chi connectivity index (χ1n) is 10.9. The van der Waals surface area contributed by atoms with Crippen LogP contribution in [0.4, 0.5) is 5.69 Å². The Morgan fingerprint density at radius 1 is 1.11 bits per heavy atom. The molecule has 1 atom stereocenters. The largest absolute Gasteiger partial charge is 0.395 e. The number of hydrogen-bond acceptors (Lipinski definition) is 6. The number of anilines is 1. The summed E-state index contributed by atoms with van der Waals surface area (Å²) in [4.78, 5) is 40.7. The minimum absolute atomic E-state index is 0.0118. The SMILES string of the molecule is Cc1ccc([C@H](C(=O)NC(C)(C)C)N(Cc2ccccc2Cl)C(=O)c2snc(C(N)=O)c2N)cc1. The van der Waals surface area contributed by atoms with Crippen molar-refractivity contribution in [2.45, 2.75) is 45.8 Å². The van der Waals surface area contributed by atoms with Crippen LogP contribution in [-0.4, -0.2) is 32.5 Å². The number of aromatic nitrogens is 1. The lowest BCUT2D eigenvalue weighted by Gasteiger charge is -2.34. The molecule has 1 heterocycles. The van der Waals surface area contributed by atoms with Crippen molar-refractivity contribution in [1.82, 2.24) is 14.6 Å². The van der Waals surface area contributed by atoms with Crippen LogP contribution in [0, 0.1) is 6.92 Å². The standard InChI is InChI=1S/C25H28ClN5O3S/c1-14-9-11-15(12-10-14)20(23(33)29-25(2,3)4)31(13-16-7-5-6-8-17(16)26)24(34)21-18(27)19(22(28)32)30-35-21/h5-12,20H,13,27H2,1-4H3,(H2,28,32)(H,29,33)/t20-/m1/s1. The van der Waals surface area contributed by atoms with E-state index in [0.29, 0.717) is 16.1 Å². The summed E-state index contributed by atoms with van der Waals surface area (Å²) < 4.78 is 3.96.